The highest BCUT2D eigenvalue weighted by atomic mass is 16.8. The first-order valence-corrected chi connectivity index (χ1v) is 8.68. The van der Waals surface area contributed by atoms with E-state index in [1.807, 2.05) is 50.3 Å². The van der Waals surface area contributed by atoms with Crippen LogP contribution >= 0.6 is 0 Å². The monoisotopic (exact) mass is 334 g/mol. The van der Waals surface area contributed by atoms with Gasteiger partial charge in [0, 0.05) is 0 Å². The van der Waals surface area contributed by atoms with Crippen LogP contribution in [0.25, 0.3) is 0 Å². The molecule has 3 atom stereocenters. The summed E-state index contributed by atoms with van der Waals surface area (Å²) in [6, 6.07) is 7.46. The zero-order valence-electron chi connectivity index (χ0n) is 15.4. The number of rotatable bonds is 7. The second-order valence-electron chi connectivity index (χ2n) is 6.87. The molecule has 24 heavy (non-hydrogen) atoms. The average molecular weight is 334 g/mol. The summed E-state index contributed by atoms with van der Waals surface area (Å²) in [5.74, 6) is 0.261. The molecule has 0 bridgehead atoms. The van der Waals surface area contributed by atoms with E-state index in [0.29, 0.717) is 0 Å². The predicted octanol–water partition coefficient (Wildman–Crippen LogP) is 4.39. The van der Waals surface area contributed by atoms with Crippen LogP contribution in [0.15, 0.2) is 36.4 Å². The Hall–Kier alpha value is -1.36. The summed E-state index contributed by atoms with van der Waals surface area (Å²) < 4.78 is 17.2. The molecule has 134 valence electrons. The van der Waals surface area contributed by atoms with E-state index in [9.17, 15) is 5.11 Å². The molecule has 0 saturated carbocycles. The largest absolute Gasteiger partial charge is 0.497 e. The standard InChI is InChI=1S/C20H30O4/c1-6-20(15(2)23-19(3,4)24-20)14-8-7-9-18(21)16-10-12-17(22-5)13-11-16/h7,9-13,15,18,21H,6,8,14H2,1-5H3/b9-7+/t15-,18?,20+/m1/s1. The summed E-state index contributed by atoms with van der Waals surface area (Å²) in [5, 5.41) is 10.2. The third-order valence-electron chi connectivity index (χ3n) is 4.76. The van der Waals surface area contributed by atoms with Gasteiger partial charge in [-0.3, -0.25) is 0 Å². The molecule has 1 aliphatic rings. The maximum atomic E-state index is 10.2. The number of aliphatic hydroxyl groups is 1. The van der Waals surface area contributed by atoms with Crippen LogP contribution < -0.4 is 4.74 Å². The van der Waals surface area contributed by atoms with E-state index in [4.69, 9.17) is 14.2 Å². The second kappa shape index (κ2) is 7.68. The van der Waals surface area contributed by atoms with Crippen molar-refractivity contribution in [2.45, 2.75) is 70.6 Å². The van der Waals surface area contributed by atoms with Gasteiger partial charge >= 0.3 is 0 Å². The summed E-state index contributed by atoms with van der Waals surface area (Å²) in [5.41, 5.74) is 0.603. The molecule has 1 aromatic rings. The van der Waals surface area contributed by atoms with Crippen LogP contribution in [0.4, 0.5) is 0 Å². The Morgan fingerprint density at radius 3 is 2.46 bits per heavy atom. The third-order valence-corrected chi connectivity index (χ3v) is 4.76. The highest BCUT2D eigenvalue weighted by Crippen LogP contribution is 2.41. The van der Waals surface area contributed by atoms with Crippen molar-refractivity contribution in [2.75, 3.05) is 7.11 Å². The van der Waals surface area contributed by atoms with Gasteiger partial charge < -0.3 is 19.3 Å². The van der Waals surface area contributed by atoms with Gasteiger partial charge in [-0.25, -0.2) is 0 Å². The SMILES string of the molecule is CC[C@@]1(CC/C=C/C(O)c2ccc(OC)cc2)OC(C)(C)O[C@@H]1C. The van der Waals surface area contributed by atoms with Crippen LogP contribution in [-0.4, -0.2) is 29.7 Å². The summed E-state index contributed by atoms with van der Waals surface area (Å²) in [4.78, 5) is 0. The van der Waals surface area contributed by atoms with Gasteiger partial charge in [0.15, 0.2) is 5.79 Å². The van der Waals surface area contributed by atoms with E-state index >= 15 is 0 Å². The Morgan fingerprint density at radius 1 is 1.29 bits per heavy atom. The van der Waals surface area contributed by atoms with E-state index in [-0.39, 0.29) is 11.7 Å². The number of methoxy groups -OCH3 is 1. The summed E-state index contributed by atoms with van der Waals surface area (Å²) in [7, 11) is 1.63. The highest BCUT2D eigenvalue weighted by molar-refractivity contribution is 5.29. The maximum Gasteiger partial charge on any atom is 0.164 e. The number of allylic oxidation sites excluding steroid dienone is 1. The number of ether oxygens (including phenoxy) is 3. The minimum atomic E-state index is -0.608. The van der Waals surface area contributed by atoms with Crippen LogP contribution in [0.3, 0.4) is 0 Å². The fraction of sp³-hybridized carbons (Fsp3) is 0.600. The molecule has 1 saturated heterocycles. The summed E-state index contributed by atoms with van der Waals surface area (Å²) in [6.45, 7) is 8.14. The van der Waals surface area contributed by atoms with Crippen LogP contribution in [0.5, 0.6) is 5.75 Å². The molecule has 0 radical (unpaired) electrons. The zero-order chi connectivity index (χ0) is 17.8. The van der Waals surface area contributed by atoms with Crippen LogP contribution in [0, 0.1) is 0 Å². The highest BCUT2D eigenvalue weighted by Gasteiger charge is 2.49. The Kier molecular flexibility index (Phi) is 6.07. The van der Waals surface area contributed by atoms with Crippen molar-refractivity contribution >= 4 is 0 Å². The molecular formula is C20H30O4. The van der Waals surface area contributed by atoms with Crippen molar-refractivity contribution in [3.8, 4) is 5.75 Å². The van der Waals surface area contributed by atoms with Crippen molar-refractivity contribution in [1.29, 1.82) is 0 Å². The van der Waals surface area contributed by atoms with Crippen LogP contribution in [0.1, 0.15) is 58.6 Å². The van der Waals surface area contributed by atoms with Crippen LogP contribution in [0.2, 0.25) is 0 Å². The van der Waals surface area contributed by atoms with Gasteiger partial charge in [-0.2, -0.15) is 0 Å². The smallest absolute Gasteiger partial charge is 0.164 e. The lowest BCUT2D eigenvalue weighted by molar-refractivity contribution is -0.164. The molecule has 1 unspecified atom stereocenters. The summed E-state index contributed by atoms with van der Waals surface area (Å²) >= 11 is 0. The minimum absolute atomic E-state index is 0.0670. The molecule has 1 N–H and O–H groups in total. The van der Waals surface area contributed by atoms with Gasteiger partial charge in [0.25, 0.3) is 0 Å². The quantitative estimate of drug-likeness (QED) is 0.752. The molecular weight excluding hydrogens is 304 g/mol. The van der Waals surface area contributed by atoms with Gasteiger partial charge in [-0.15, -0.1) is 0 Å². The first kappa shape index (κ1) is 19.0. The van der Waals surface area contributed by atoms with Gasteiger partial charge in [0.2, 0.25) is 0 Å². The van der Waals surface area contributed by atoms with E-state index in [1.54, 1.807) is 7.11 Å². The average Bonchev–Trinajstić information content (AvgIpc) is 2.80. The first-order valence-electron chi connectivity index (χ1n) is 8.68. The molecule has 2 rings (SSSR count). The normalized spacial score (nSPS) is 27.5. The van der Waals surface area contributed by atoms with Gasteiger partial charge in [0.1, 0.15) is 5.75 Å². The molecule has 4 nitrogen and oxygen atoms in total. The van der Waals surface area contributed by atoms with Gasteiger partial charge in [-0.1, -0.05) is 31.2 Å². The maximum absolute atomic E-state index is 10.2. The summed E-state index contributed by atoms with van der Waals surface area (Å²) in [6.07, 6.45) is 5.93. The Labute approximate surface area is 145 Å². The second-order valence-corrected chi connectivity index (χ2v) is 6.87. The van der Waals surface area contributed by atoms with Gasteiger partial charge in [-0.05, 0) is 57.7 Å². The lowest BCUT2D eigenvalue weighted by Gasteiger charge is -2.30. The lowest BCUT2D eigenvalue weighted by atomic mass is 9.89. The van der Waals surface area contributed by atoms with Crippen molar-refractivity contribution < 1.29 is 19.3 Å². The molecule has 1 heterocycles. The lowest BCUT2D eigenvalue weighted by Crippen LogP contribution is -2.38. The number of aliphatic hydroxyl groups excluding tert-OH is 1. The molecule has 1 aromatic carbocycles. The predicted molar refractivity (Wildman–Crippen MR) is 95.1 cm³/mol. The van der Waals surface area contributed by atoms with Gasteiger partial charge in [0.05, 0.1) is 24.9 Å². The number of benzene rings is 1. The molecule has 0 aliphatic carbocycles. The molecule has 0 amide bonds. The Balaban J connectivity index is 1.91. The first-order chi connectivity index (χ1) is 11.3. The molecule has 0 spiro atoms. The zero-order valence-corrected chi connectivity index (χ0v) is 15.4. The van der Waals surface area contributed by atoms with Crippen molar-refractivity contribution in [3.05, 3.63) is 42.0 Å². The van der Waals surface area contributed by atoms with Crippen molar-refractivity contribution in [3.63, 3.8) is 0 Å². The Bertz CT molecular complexity index is 549. The van der Waals surface area contributed by atoms with E-state index < -0.39 is 11.9 Å². The topological polar surface area (TPSA) is 47.9 Å². The third kappa shape index (κ3) is 4.38. The molecule has 1 aliphatic heterocycles. The minimum Gasteiger partial charge on any atom is -0.497 e. The van der Waals surface area contributed by atoms with Crippen molar-refractivity contribution in [2.24, 2.45) is 0 Å². The van der Waals surface area contributed by atoms with Crippen molar-refractivity contribution in [1.82, 2.24) is 0 Å². The molecule has 4 heteroatoms. The van der Waals surface area contributed by atoms with E-state index in [2.05, 4.69) is 13.8 Å². The molecule has 0 aromatic heterocycles. The van der Waals surface area contributed by atoms with Crippen LogP contribution in [-0.2, 0) is 9.47 Å². The fourth-order valence-corrected chi connectivity index (χ4v) is 3.39. The number of hydrogen-bond donors (Lipinski definition) is 1. The fourth-order valence-electron chi connectivity index (χ4n) is 3.39. The Morgan fingerprint density at radius 2 is 1.96 bits per heavy atom. The molecule has 1 fully saturated rings. The van der Waals surface area contributed by atoms with E-state index in [1.165, 1.54) is 0 Å². The number of hydrogen-bond acceptors (Lipinski definition) is 4. The van der Waals surface area contributed by atoms with E-state index in [0.717, 1.165) is 30.6 Å².